The number of thiocarbonyl (C=S) groups is 1. The Morgan fingerprint density at radius 1 is 1.69 bits per heavy atom. The molecule has 1 aromatic heterocycles. The minimum Gasteiger partial charge on any atom is -0.393 e. The molecule has 2 rings (SSSR count). The molecule has 0 aromatic carbocycles. The molecule has 1 aliphatic heterocycles. The molecule has 1 unspecified atom stereocenters. The lowest BCUT2D eigenvalue weighted by Gasteiger charge is -2.08. The van der Waals surface area contributed by atoms with Gasteiger partial charge in [0, 0.05) is 23.8 Å². The van der Waals surface area contributed by atoms with Crippen LogP contribution in [0.4, 0.5) is 0 Å². The lowest BCUT2D eigenvalue weighted by Crippen LogP contribution is -2.14. The van der Waals surface area contributed by atoms with E-state index in [0.29, 0.717) is 17.3 Å². The fourth-order valence-corrected chi connectivity index (χ4v) is 3.50. The molecule has 1 saturated heterocycles. The maximum Gasteiger partial charge on any atom is 0.0998 e. The summed E-state index contributed by atoms with van der Waals surface area (Å²) >= 11 is 6.65. The zero-order valence-electron chi connectivity index (χ0n) is 9.69. The van der Waals surface area contributed by atoms with Crippen molar-refractivity contribution in [1.82, 2.24) is 9.88 Å². The topological polar surface area (TPSA) is 42.1 Å². The maximum absolute atomic E-state index is 5.55. The Bertz CT molecular complexity index is 400. The minimum atomic E-state index is 0.531. The van der Waals surface area contributed by atoms with E-state index in [-0.39, 0.29) is 0 Å². The SMILES string of the molecule is Cc1sc(CC(N)=S)nc1C1CCN(C)C1. The van der Waals surface area contributed by atoms with Gasteiger partial charge in [0.05, 0.1) is 15.7 Å². The number of thiazole rings is 1. The normalized spacial score (nSPS) is 21.5. The molecule has 88 valence electrons. The predicted octanol–water partition coefficient (Wildman–Crippen LogP) is 1.70. The molecule has 1 atom stereocenters. The highest BCUT2D eigenvalue weighted by Crippen LogP contribution is 2.31. The standard InChI is InChI=1S/C11H17N3S2/c1-7-11(8-3-4-14(2)6-8)13-10(16-7)5-9(12)15/h8H,3-6H2,1-2H3,(H2,12,15). The molecule has 2 N–H and O–H groups in total. The van der Waals surface area contributed by atoms with Gasteiger partial charge in [0.2, 0.25) is 0 Å². The van der Waals surface area contributed by atoms with Crippen molar-refractivity contribution >= 4 is 28.5 Å². The number of rotatable bonds is 3. The van der Waals surface area contributed by atoms with Gasteiger partial charge in [0.1, 0.15) is 0 Å². The van der Waals surface area contributed by atoms with Gasteiger partial charge < -0.3 is 10.6 Å². The average Bonchev–Trinajstić information content (AvgIpc) is 2.72. The number of nitrogens with zero attached hydrogens (tertiary/aromatic N) is 2. The molecule has 2 heterocycles. The molecule has 3 nitrogen and oxygen atoms in total. The fraction of sp³-hybridized carbons (Fsp3) is 0.636. The van der Waals surface area contributed by atoms with Crippen molar-refractivity contribution in [3.05, 3.63) is 15.6 Å². The van der Waals surface area contributed by atoms with E-state index in [2.05, 4.69) is 18.9 Å². The Kier molecular flexibility index (Phi) is 3.56. The molecule has 0 saturated carbocycles. The summed E-state index contributed by atoms with van der Waals surface area (Å²) in [6.45, 7) is 4.44. The van der Waals surface area contributed by atoms with Crippen LogP contribution in [0, 0.1) is 6.92 Å². The fourth-order valence-electron chi connectivity index (χ4n) is 2.23. The van der Waals surface area contributed by atoms with Gasteiger partial charge in [-0.15, -0.1) is 11.3 Å². The molecule has 1 aromatic rings. The highest BCUT2D eigenvalue weighted by atomic mass is 32.1. The average molecular weight is 255 g/mol. The van der Waals surface area contributed by atoms with Gasteiger partial charge in [-0.3, -0.25) is 0 Å². The van der Waals surface area contributed by atoms with E-state index in [1.807, 2.05) is 0 Å². The Hall–Kier alpha value is -0.520. The van der Waals surface area contributed by atoms with Crippen LogP contribution in [0.2, 0.25) is 0 Å². The van der Waals surface area contributed by atoms with E-state index in [1.54, 1.807) is 11.3 Å². The molecule has 0 bridgehead atoms. The highest BCUT2D eigenvalue weighted by Gasteiger charge is 2.25. The largest absolute Gasteiger partial charge is 0.393 e. The first-order valence-electron chi connectivity index (χ1n) is 5.49. The second kappa shape index (κ2) is 4.77. The van der Waals surface area contributed by atoms with Gasteiger partial charge in [-0.25, -0.2) is 4.98 Å². The first-order valence-corrected chi connectivity index (χ1v) is 6.71. The molecule has 1 aliphatic rings. The van der Waals surface area contributed by atoms with Crippen molar-refractivity contribution in [2.24, 2.45) is 5.73 Å². The van der Waals surface area contributed by atoms with Crippen LogP contribution in [-0.4, -0.2) is 35.0 Å². The highest BCUT2D eigenvalue weighted by molar-refractivity contribution is 7.80. The van der Waals surface area contributed by atoms with Crippen molar-refractivity contribution in [1.29, 1.82) is 0 Å². The van der Waals surface area contributed by atoms with Gasteiger partial charge in [0.25, 0.3) is 0 Å². The minimum absolute atomic E-state index is 0.531. The number of nitrogens with two attached hydrogens (primary N) is 1. The smallest absolute Gasteiger partial charge is 0.0998 e. The van der Waals surface area contributed by atoms with Crippen LogP contribution in [0.5, 0.6) is 0 Å². The molecular formula is C11H17N3S2. The van der Waals surface area contributed by atoms with Gasteiger partial charge >= 0.3 is 0 Å². The third kappa shape index (κ3) is 2.59. The molecule has 0 aliphatic carbocycles. The lowest BCUT2D eigenvalue weighted by atomic mass is 10.0. The number of likely N-dealkylation sites (tertiary alicyclic amines) is 1. The zero-order valence-corrected chi connectivity index (χ0v) is 11.3. The molecule has 5 heteroatoms. The molecular weight excluding hydrogens is 238 g/mol. The van der Waals surface area contributed by atoms with E-state index in [9.17, 15) is 0 Å². The van der Waals surface area contributed by atoms with Crippen molar-refractivity contribution in [2.45, 2.75) is 25.7 Å². The van der Waals surface area contributed by atoms with Gasteiger partial charge in [-0.2, -0.15) is 0 Å². The Morgan fingerprint density at radius 3 is 3.00 bits per heavy atom. The maximum atomic E-state index is 5.55. The molecule has 0 amide bonds. The van der Waals surface area contributed by atoms with Gasteiger partial charge in [-0.05, 0) is 26.9 Å². The van der Waals surface area contributed by atoms with E-state index >= 15 is 0 Å². The van der Waals surface area contributed by atoms with Crippen molar-refractivity contribution in [3.8, 4) is 0 Å². The van der Waals surface area contributed by atoms with E-state index in [0.717, 1.165) is 11.6 Å². The third-order valence-electron chi connectivity index (χ3n) is 2.98. The molecule has 0 spiro atoms. The number of aryl methyl sites for hydroxylation is 1. The Labute approximate surface area is 106 Å². The summed E-state index contributed by atoms with van der Waals surface area (Å²) in [5, 5.41) is 1.06. The second-order valence-electron chi connectivity index (χ2n) is 4.44. The van der Waals surface area contributed by atoms with E-state index in [1.165, 1.54) is 23.5 Å². The summed E-state index contributed by atoms with van der Waals surface area (Å²) < 4.78 is 0. The summed E-state index contributed by atoms with van der Waals surface area (Å²) in [7, 11) is 2.16. The first-order chi connectivity index (χ1) is 7.56. The van der Waals surface area contributed by atoms with Crippen LogP contribution in [0.3, 0.4) is 0 Å². The van der Waals surface area contributed by atoms with Crippen LogP contribution < -0.4 is 5.73 Å². The third-order valence-corrected chi connectivity index (χ3v) is 4.11. The molecule has 16 heavy (non-hydrogen) atoms. The first kappa shape index (κ1) is 12.0. The predicted molar refractivity (Wildman–Crippen MR) is 72.2 cm³/mol. The molecule has 0 radical (unpaired) electrons. The molecule has 1 fully saturated rings. The summed E-state index contributed by atoms with van der Waals surface area (Å²) in [4.78, 5) is 8.91. The van der Waals surface area contributed by atoms with Crippen LogP contribution in [0.15, 0.2) is 0 Å². The van der Waals surface area contributed by atoms with Gasteiger partial charge in [-0.1, -0.05) is 12.2 Å². The van der Waals surface area contributed by atoms with Crippen LogP contribution in [0.1, 0.15) is 27.9 Å². The quantitative estimate of drug-likeness (QED) is 0.835. The summed E-state index contributed by atoms with van der Waals surface area (Å²) in [5.41, 5.74) is 6.81. The van der Waals surface area contributed by atoms with Gasteiger partial charge in [0.15, 0.2) is 0 Å². The lowest BCUT2D eigenvalue weighted by molar-refractivity contribution is 0.410. The number of hydrogen-bond acceptors (Lipinski definition) is 4. The second-order valence-corrected chi connectivity index (χ2v) is 6.25. The van der Waals surface area contributed by atoms with Crippen LogP contribution in [-0.2, 0) is 6.42 Å². The monoisotopic (exact) mass is 255 g/mol. The number of aromatic nitrogens is 1. The number of likely N-dealkylation sites (N-methyl/N-ethyl adjacent to an activating group) is 1. The van der Waals surface area contributed by atoms with Crippen molar-refractivity contribution in [2.75, 3.05) is 20.1 Å². The van der Waals surface area contributed by atoms with E-state index in [4.69, 9.17) is 22.9 Å². The summed E-state index contributed by atoms with van der Waals surface area (Å²) in [6, 6.07) is 0. The van der Waals surface area contributed by atoms with Crippen LogP contribution >= 0.6 is 23.6 Å². The zero-order chi connectivity index (χ0) is 11.7. The number of hydrogen-bond donors (Lipinski definition) is 1. The Morgan fingerprint density at radius 2 is 2.44 bits per heavy atom. The summed E-state index contributed by atoms with van der Waals surface area (Å²) in [5.74, 6) is 0.598. The van der Waals surface area contributed by atoms with Crippen LogP contribution in [0.25, 0.3) is 0 Å². The van der Waals surface area contributed by atoms with E-state index < -0.39 is 0 Å². The summed E-state index contributed by atoms with van der Waals surface area (Å²) in [6.07, 6.45) is 1.86. The van der Waals surface area contributed by atoms with Crippen molar-refractivity contribution < 1.29 is 0 Å². The Balaban J connectivity index is 2.15. The van der Waals surface area contributed by atoms with Crippen molar-refractivity contribution in [3.63, 3.8) is 0 Å².